The van der Waals surface area contributed by atoms with Gasteiger partial charge in [0.25, 0.3) is 0 Å². The van der Waals surface area contributed by atoms with Crippen LogP contribution >= 0.6 is 24.0 Å². The van der Waals surface area contributed by atoms with Crippen LogP contribution in [0.3, 0.4) is 0 Å². The normalized spacial score (nSPS) is 19.0. The smallest absolute Gasteiger partial charge is 0.407 e. The van der Waals surface area contributed by atoms with Crippen molar-refractivity contribution in [1.82, 2.24) is 5.32 Å². The molecule has 1 aromatic rings. The highest BCUT2D eigenvalue weighted by Gasteiger charge is 2.23. The summed E-state index contributed by atoms with van der Waals surface area (Å²) >= 11 is 5.73. The van der Waals surface area contributed by atoms with Gasteiger partial charge in [0.05, 0.1) is 11.1 Å². The third-order valence-corrected chi connectivity index (χ3v) is 2.35. The molecule has 1 fully saturated rings. The number of ether oxygens (including phenoxy) is 1. The van der Waals surface area contributed by atoms with Crippen molar-refractivity contribution in [2.24, 2.45) is 0 Å². The second kappa shape index (κ2) is 4.59. The monoisotopic (exact) mass is 249 g/mol. The average molecular weight is 250 g/mol. The Labute approximate surface area is 97.6 Å². The molecule has 1 amide bonds. The molecule has 0 radical (unpaired) electrons. The molecule has 0 unspecified atom stereocenters. The maximum Gasteiger partial charge on any atom is 0.407 e. The maximum atomic E-state index is 10.8. The summed E-state index contributed by atoms with van der Waals surface area (Å²) in [7, 11) is 0. The molecule has 0 bridgehead atoms. The molecule has 1 aliphatic rings. The van der Waals surface area contributed by atoms with Crippen LogP contribution < -0.4 is 5.32 Å². The predicted molar refractivity (Wildman–Crippen MR) is 57.6 cm³/mol. The number of phenols is 1. The van der Waals surface area contributed by atoms with E-state index in [0.29, 0.717) is 6.61 Å². The van der Waals surface area contributed by atoms with E-state index in [0.717, 1.165) is 5.56 Å². The molecule has 1 heterocycles. The Hall–Kier alpha value is -1.13. The summed E-state index contributed by atoms with van der Waals surface area (Å²) in [5, 5.41) is 12.1. The molecule has 1 aliphatic heterocycles. The second-order valence-corrected chi connectivity index (χ2v) is 3.41. The number of hydrogen-bond acceptors (Lipinski definition) is 3. The lowest BCUT2D eigenvalue weighted by Gasteiger charge is -2.08. The van der Waals surface area contributed by atoms with Crippen molar-refractivity contribution >= 4 is 30.1 Å². The van der Waals surface area contributed by atoms with Crippen LogP contribution in [0.4, 0.5) is 4.79 Å². The van der Waals surface area contributed by atoms with E-state index in [9.17, 15) is 9.90 Å². The van der Waals surface area contributed by atoms with Crippen LogP contribution in [0, 0.1) is 0 Å². The number of carbonyl (C=O) groups is 1. The number of alkyl carbamates (subject to hydrolysis) is 1. The first-order valence-corrected chi connectivity index (χ1v) is 4.46. The Morgan fingerprint density at radius 2 is 2.27 bits per heavy atom. The molecule has 82 valence electrons. The number of benzene rings is 1. The number of aromatic hydroxyl groups is 1. The largest absolute Gasteiger partial charge is 0.506 e. The minimum absolute atomic E-state index is 0. The van der Waals surface area contributed by atoms with Gasteiger partial charge < -0.3 is 15.2 Å². The second-order valence-electron chi connectivity index (χ2n) is 3.01. The minimum Gasteiger partial charge on any atom is -0.506 e. The first-order valence-electron chi connectivity index (χ1n) is 4.08. The summed E-state index contributed by atoms with van der Waals surface area (Å²) in [6.07, 6.45) is -0.431. The van der Waals surface area contributed by atoms with Crippen molar-refractivity contribution in [2.45, 2.75) is 6.04 Å². The summed E-state index contributed by atoms with van der Waals surface area (Å²) in [5.41, 5.74) is 0.818. The van der Waals surface area contributed by atoms with Gasteiger partial charge in [-0.1, -0.05) is 17.7 Å². The van der Waals surface area contributed by atoms with E-state index in [1.165, 1.54) is 6.07 Å². The highest BCUT2D eigenvalue weighted by Crippen LogP contribution is 2.27. The van der Waals surface area contributed by atoms with Crippen molar-refractivity contribution in [3.63, 3.8) is 0 Å². The molecule has 0 spiro atoms. The molecular weight excluding hydrogens is 241 g/mol. The third kappa shape index (κ3) is 2.46. The Balaban J connectivity index is 0.00000112. The van der Waals surface area contributed by atoms with Gasteiger partial charge in [-0.25, -0.2) is 4.79 Å². The number of cyclic esters (lactones) is 1. The predicted octanol–water partition coefficient (Wildman–Crippen LogP) is 2.25. The van der Waals surface area contributed by atoms with E-state index in [1.54, 1.807) is 12.1 Å². The van der Waals surface area contributed by atoms with Crippen LogP contribution in [0.5, 0.6) is 5.75 Å². The SMILES string of the molecule is Cl.O=C1N[C@@H](c2ccc(O)c(Cl)c2)CO1. The van der Waals surface area contributed by atoms with Gasteiger partial charge in [-0.3, -0.25) is 0 Å². The zero-order chi connectivity index (χ0) is 10.1. The molecule has 6 heteroatoms. The van der Waals surface area contributed by atoms with E-state index in [-0.39, 0.29) is 29.2 Å². The summed E-state index contributed by atoms with van der Waals surface area (Å²) in [6.45, 7) is 0.292. The van der Waals surface area contributed by atoms with Crippen LogP contribution in [-0.2, 0) is 4.74 Å². The molecule has 1 saturated heterocycles. The lowest BCUT2D eigenvalue weighted by atomic mass is 10.1. The number of hydrogen-bond donors (Lipinski definition) is 2. The standard InChI is InChI=1S/C9H8ClNO3.ClH/c10-6-3-5(1-2-8(6)12)7-4-14-9(13)11-7;/h1-3,7,12H,4H2,(H,11,13);1H/t7-;/m1./s1. The molecule has 1 atom stereocenters. The number of carbonyl (C=O) groups excluding carboxylic acids is 1. The highest BCUT2D eigenvalue weighted by atomic mass is 35.5. The molecule has 0 saturated carbocycles. The lowest BCUT2D eigenvalue weighted by Crippen LogP contribution is -2.18. The van der Waals surface area contributed by atoms with E-state index in [1.807, 2.05) is 0 Å². The maximum absolute atomic E-state index is 10.8. The van der Waals surface area contributed by atoms with Gasteiger partial charge in [0.1, 0.15) is 12.4 Å². The van der Waals surface area contributed by atoms with Gasteiger partial charge in [0, 0.05) is 0 Å². The van der Waals surface area contributed by atoms with Crippen molar-refractivity contribution < 1.29 is 14.6 Å². The molecule has 0 aromatic heterocycles. The lowest BCUT2D eigenvalue weighted by molar-refractivity contribution is 0.177. The molecule has 0 aliphatic carbocycles. The first-order chi connectivity index (χ1) is 6.66. The van der Waals surface area contributed by atoms with Crippen LogP contribution in [0.2, 0.25) is 5.02 Å². The molecule has 1 aromatic carbocycles. The number of rotatable bonds is 1. The van der Waals surface area contributed by atoms with Crippen LogP contribution in [-0.4, -0.2) is 17.8 Å². The fourth-order valence-electron chi connectivity index (χ4n) is 1.30. The summed E-state index contributed by atoms with van der Waals surface area (Å²) in [6, 6.07) is 4.61. The zero-order valence-electron chi connectivity index (χ0n) is 7.57. The van der Waals surface area contributed by atoms with Crippen LogP contribution in [0.1, 0.15) is 11.6 Å². The highest BCUT2D eigenvalue weighted by molar-refractivity contribution is 6.32. The topological polar surface area (TPSA) is 58.6 Å². The first kappa shape index (κ1) is 11.9. The number of halogens is 2. The molecule has 4 nitrogen and oxygen atoms in total. The van der Waals surface area contributed by atoms with Gasteiger partial charge in [0.15, 0.2) is 0 Å². The van der Waals surface area contributed by atoms with Crippen molar-refractivity contribution in [2.75, 3.05) is 6.61 Å². The van der Waals surface area contributed by atoms with Crippen LogP contribution in [0.25, 0.3) is 0 Å². The Morgan fingerprint density at radius 3 is 2.80 bits per heavy atom. The van der Waals surface area contributed by atoms with Crippen molar-refractivity contribution in [3.05, 3.63) is 28.8 Å². The summed E-state index contributed by atoms with van der Waals surface area (Å²) in [4.78, 5) is 10.8. The molecule has 2 N–H and O–H groups in total. The Bertz CT molecular complexity index is 384. The molecule has 15 heavy (non-hydrogen) atoms. The van der Waals surface area contributed by atoms with Crippen molar-refractivity contribution in [3.8, 4) is 5.75 Å². The van der Waals surface area contributed by atoms with E-state index < -0.39 is 6.09 Å². The van der Waals surface area contributed by atoms with E-state index in [2.05, 4.69) is 5.32 Å². The quantitative estimate of drug-likeness (QED) is 0.803. The number of nitrogens with one attached hydrogen (secondary N) is 1. The number of amides is 1. The van der Waals surface area contributed by atoms with Gasteiger partial charge in [-0.15, -0.1) is 12.4 Å². The van der Waals surface area contributed by atoms with E-state index >= 15 is 0 Å². The van der Waals surface area contributed by atoms with Gasteiger partial charge in [-0.05, 0) is 17.7 Å². The molecular formula is C9H9Cl2NO3. The fourth-order valence-corrected chi connectivity index (χ4v) is 1.49. The summed E-state index contributed by atoms with van der Waals surface area (Å²) in [5.74, 6) is 0.0284. The molecule has 2 rings (SSSR count). The third-order valence-electron chi connectivity index (χ3n) is 2.05. The zero-order valence-corrected chi connectivity index (χ0v) is 9.14. The Morgan fingerprint density at radius 1 is 1.53 bits per heavy atom. The number of phenolic OH excluding ortho intramolecular Hbond substituents is 1. The van der Waals surface area contributed by atoms with Crippen molar-refractivity contribution in [1.29, 1.82) is 0 Å². The average Bonchev–Trinajstić information content (AvgIpc) is 2.57. The van der Waals surface area contributed by atoms with E-state index in [4.69, 9.17) is 16.3 Å². The summed E-state index contributed by atoms with van der Waals surface area (Å²) < 4.78 is 4.73. The van der Waals surface area contributed by atoms with Gasteiger partial charge in [0.2, 0.25) is 0 Å². The Kier molecular flexibility index (Phi) is 3.66. The fraction of sp³-hybridized carbons (Fsp3) is 0.222. The van der Waals surface area contributed by atoms with Gasteiger partial charge in [-0.2, -0.15) is 0 Å². The minimum atomic E-state index is -0.431. The van der Waals surface area contributed by atoms with Crippen LogP contribution in [0.15, 0.2) is 18.2 Å². The van der Waals surface area contributed by atoms with Gasteiger partial charge >= 0.3 is 6.09 Å².